The van der Waals surface area contributed by atoms with Crippen LogP contribution in [0.2, 0.25) is 0 Å². The molecule has 1 N–H and O–H groups in total. The number of rotatable bonds is 4. The van der Waals surface area contributed by atoms with E-state index in [1.165, 1.54) is 11.1 Å². The Morgan fingerprint density at radius 3 is 2.74 bits per heavy atom. The average molecular weight is 368 g/mol. The van der Waals surface area contributed by atoms with E-state index >= 15 is 0 Å². The Hall–Kier alpha value is -2.18. The highest BCUT2D eigenvalue weighted by Crippen LogP contribution is 2.52. The number of β-amino-alcohol motifs (C(OH)–C–C–N with tert-alkyl or cyclic N) is 1. The smallest absolute Gasteiger partial charge is 0.230 e. The van der Waals surface area contributed by atoms with Gasteiger partial charge in [-0.05, 0) is 18.9 Å². The maximum absolute atomic E-state index is 13.1. The van der Waals surface area contributed by atoms with Crippen molar-refractivity contribution in [2.45, 2.75) is 31.2 Å². The molecule has 27 heavy (non-hydrogen) atoms. The van der Waals surface area contributed by atoms with Gasteiger partial charge in [-0.25, -0.2) is 0 Å². The molecule has 6 nitrogen and oxygen atoms in total. The molecule has 2 bridgehead atoms. The van der Waals surface area contributed by atoms with Gasteiger partial charge in [0.2, 0.25) is 11.8 Å². The summed E-state index contributed by atoms with van der Waals surface area (Å²) in [6.45, 7) is 3.92. The van der Waals surface area contributed by atoms with Crippen molar-refractivity contribution in [1.29, 1.82) is 0 Å². The van der Waals surface area contributed by atoms with Gasteiger partial charge in [-0.3, -0.25) is 9.59 Å². The molecule has 2 amide bonds. The average Bonchev–Trinajstić information content (AvgIpc) is 3.26. The van der Waals surface area contributed by atoms with Crippen LogP contribution in [0.4, 0.5) is 0 Å². The zero-order chi connectivity index (χ0) is 18.8. The summed E-state index contributed by atoms with van der Waals surface area (Å²) in [6, 6.07) is 8.35. The molecule has 5 rings (SSSR count). The third-order valence-electron chi connectivity index (χ3n) is 6.43. The first-order valence-electron chi connectivity index (χ1n) is 9.65. The summed E-state index contributed by atoms with van der Waals surface area (Å²) in [5, 5.41) is 9.50. The van der Waals surface area contributed by atoms with Gasteiger partial charge in [-0.15, -0.1) is 0 Å². The van der Waals surface area contributed by atoms with Crippen LogP contribution in [0, 0.1) is 18.8 Å². The van der Waals surface area contributed by atoms with Gasteiger partial charge >= 0.3 is 0 Å². The SMILES string of the molecule is Cc1ccc(CCN2C[C@]34C=C[C@H](O3)[C@H](C(=O)N3CC(O)C3)[C@@H]4C2=O)cc1. The van der Waals surface area contributed by atoms with E-state index in [-0.39, 0.29) is 17.9 Å². The fraction of sp³-hybridized carbons (Fsp3) is 0.524. The molecule has 0 aliphatic carbocycles. The highest BCUT2D eigenvalue weighted by atomic mass is 16.5. The predicted octanol–water partition coefficient (Wildman–Crippen LogP) is 0.523. The van der Waals surface area contributed by atoms with E-state index in [0.29, 0.717) is 26.2 Å². The second-order valence-corrected chi connectivity index (χ2v) is 8.29. The van der Waals surface area contributed by atoms with E-state index in [2.05, 4.69) is 31.2 Å². The minimum absolute atomic E-state index is 0.0217. The maximum Gasteiger partial charge on any atom is 0.230 e. The van der Waals surface area contributed by atoms with Crippen molar-refractivity contribution in [1.82, 2.24) is 9.80 Å². The highest BCUT2D eigenvalue weighted by molar-refractivity contribution is 5.93. The van der Waals surface area contributed by atoms with E-state index in [9.17, 15) is 14.7 Å². The van der Waals surface area contributed by atoms with Crippen LogP contribution in [0.25, 0.3) is 0 Å². The molecule has 4 heterocycles. The second-order valence-electron chi connectivity index (χ2n) is 8.29. The van der Waals surface area contributed by atoms with Crippen LogP contribution >= 0.6 is 0 Å². The molecular weight excluding hydrogens is 344 g/mol. The van der Waals surface area contributed by atoms with Crippen LogP contribution in [-0.2, 0) is 20.7 Å². The van der Waals surface area contributed by atoms with Gasteiger partial charge in [-0.1, -0.05) is 42.0 Å². The summed E-state index contributed by atoms with van der Waals surface area (Å²) < 4.78 is 6.15. The zero-order valence-corrected chi connectivity index (χ0v) is 15.4. The summed E-state index contributed by atoms with van der Waals surface area (Å²) >= 11 is 0. The molecule has 0 unspecified atom stereocenters. The molecule has 4 aliphatic rings. The lowest BCUT2D eigenvalue weighted by molar-refractivity contribution is -0.151. The molecule has 3 fully saturated rings. The lowest BCUT2D eigenvalue weighted by Gasteiger charge is -2.39. The Kier molecular flexibility index (Phi) is 3.71. The standard InChI is InChI=1S/C21H24N2O4/c1-13-2-4-14(5-3-13)7-9-22-12-21-8-6-16(27-21)17(18(21)20(22)26)19(25)23-10-15(24)11-23/h2-6,8,15-18,24H,7,9-12H2,1H3/t16-,17-,18+,21-/m0/s1. The van der Waals surface area contributed by atoms with Crippen molar-refractivity contribution in [3.05, 3.63) is 47.5 Å². The molecule has 1 aromatic carbocycles. The maximum atomic E-state index is 13.1. The molecule has 1 spiro atoms. The van der Waals surface area contributed by atoms with E-state index in [0.717, 1.165) is 6.42 Å². The predicted molar refractivity (Wildman–Crippen MR) is 97.8 cm³/mol. The third kappa shape index (κ3) is 2.54. The Bertz CT molecular complexity index is 814. The minimum atomic E-state index is -0.654. The molecule has 1 aromatic rings. The number of aryl methyl sites for hydroxylation is 1. The Labute approximate surface area is 158 Å². The molecule has 3 saturated heterocycles. The van der Waals surface area contributed by atoms with E-state index in [1.54, 1.807) is 4.90 Å². The number of hydrogen-bond acceptors (Lipinski definition) is 4. The van der Waals surface area contributed by atoms with Crippen molar-refractivity contribution >= 4 is 11.8 Å². The van der Waals surface area contributed by atoms with Gasteiger partial charge in [0.25, 0.3) is 0 Å². The van der Waals surface area contributed by atoms with Crippen LogP contribution < -0.4 is 0 Å². The number of nitrogens with zero attached hydrogens (tertiary/aromatic N) is 2. The Morgan fingerprint density at radius 1 is 1.30 bits per heavy atom. The number of carbonyl (C=O) groups is 2. The highest BCUT2D eigenvalue weighted by Gasteiger charge is 2.67. The zero-order valence-electron chi connectivity index (χ0n) is 15.4. The summed E-state index contributed by atoms with van der Waals surface area (Å²) in [6.07, 6.45) is 3.96. The van der Waals surface area contributed by atoms with Crippen LogP contribution in [-0.4, -0.2) is 70.7 Å². The van der Waals surface area contributed by atoms with Crippen LogP contribution in [0.15, 0.2) is 36.4 Å². The molecule has 0 saturated carbocycles. The molecular formula is C21H24N2O4. The first-order chi connectivity index (χ1) is 13.0. The molecule has 4 aliphatic heterocycles. The second kappa shape index (κ2) is 5.91. The number of ether oxygens (including phenoxy) is 1. The van der Waals surface area contributed by atoms with E-state index < -0.39 is 23.5 Å². The summed E-state index contributed by atoms with van der Waals surface area (Å²) in [5.41, 5.74) is 1.77. The van der Waals surface area contributed by atoms with Crippen molar-refractivity contribution in [2.24, 2.45) is 11.8 Å². The van der Waals surface area contributed by atoms with Crippen molar-refractivity contribution < 1.29 is 19.4 Å². The minimum Gasteiger partial charge on any atom is -0.389 e. The third-order valence-corrected chi connectivity index (χ3v) is 6.43. The number of aliphatic hydroxyl groups excluding tert-OH is 1. The van der Waals surface area contributed by atoms with Gasteiger partial charge in [-0.2, -0.15) is 0 Å². The van der Waals surface area contributed by atoms with Crippen molar-refractivity contribution in [3.8, 4) is 0 Å². The first kappa shape index (κ1) is 17.0. The molecule has 0 aromatic heterocycles. The van der Waals surface area contributed by atoms with Crippen molar-refractivity contribution in [3.63, 3.8) is 0 Å². The van der Waals surface area contributed by atoms with E-state index in [4.69, 9.17) is 4.74 Å². The number of aliphatic hydroxyl groups is 1. The van der Waals surface area contributed by atoms with Gasteiger partial charge in [0, 0.05) is 19.6 Å². The first-order valence-corrected chi connectivity index (χ1v) is 9.65. The van der Waals surface area contributed by atoms with E-state index in [1.807, 2.05) is 17.1 Å². The topological polar surface area (TPSA) is 70.1 Å². The largest absolute Gasteiger partial charge is 0.389 e. The number of fused-ring (bicyclic) bond motifs is 1. The Morgan fingerprint density at radius 2 is 2.04 bits per heavy atom. The number of carbonyl (C=O) groups excluding carboxylic acids is 2. The monoisotopic (exact) mass is 368 g/mol. The van der Waals surface area contributed by atoms with Gasteiger partial charge in [0.1, 0.15) is 5.60 Å². The normalized spacial score (nSPS) is 34.3. The van der Waals surface area contributed by atoms with Gasteiger partial charge in [0.05, 0.1) is 30.6 Å². The van der Waals surface area contributed by atoms with Crippen molar-refractivity contribution in [2.75, 3.05) is 26.2 Å². The molecule has 0 radical (unpaired) electrons. The summed E-state index contributed by atoms with van der Waals surface area (Å²) in [5.74, 6) is -0.932. The quantitative estimate of drug-likeness (QED) is 0.787. The number of benzene rings is 1. The number of hydrogen-bond donors (Lipinski definition) is 1. The lowest BCUT2D eigenvalue weighted by atomic mass is 9.76. The lowest BCUT2D eigenvalue weighted by Crippen LogP contribution is -2.57. The summed E-state index contributed by atoms with van der Waals surface area (Å²) in [4.78, 5) is 29.5. The molecule has 4 atom stereocenters. The Balaban J connectivity index is 1.32. The fourth-order valence-electron chi connectivity index (χ4n) is 4.91. The number of amides is 2. The molecule has 6 heteroatoms. The molecule has 142 valence electrons. The van der Waals surface area contributed by atoms with Gasteiger partial charge < -0.3 is 19.6 Å². The fourth-order valence-corrected chi connectivity index (χ4v) is 4.91. The van der Waals surface area contributed by atoms with Crippen LogP contribution in [0.3, 0.4) is 0 Å². The number of likely N-dealkylation sites (tertiary alicyclic amines) is 2. The van der Waals surface area contributed by atoms with Gasteiger partial charge in [0.15, 0.2) is 0 Å². The summed E-state index contributed by atoms with van der Waals surface area (Å²) in [7, 11) is 0. The van der Waals surface area contributed by atoms with Crippen LogP contribution in [0.5, 0.6) is 0 Å². The van der Waals surface area contributed by atoms with Crippen LogP contribution in [0.1, 0.15) is 11.1 Å².